The first-order chi connectivity index (χ1) is 11.2. The lowest BCUT2D eigenvalue weighted by molar-refractivity contribution is 0.184. The Kier molecular flexibility index (Phi) is 6.44. The van der Waals surface area contributed by atoms with Crippen molar-refractivity contribution in [3.8, 4) is 5.75 Å². The molecule has 0 unspecified atom stereocenters. The minimum atomic E-state index is -0.201. The van der Waals surface area contributed by atoms with Gasteiger partial charge in [-0.2, -0.15) is 0 Å². The molecule has 5 nitrogen and oxygen atoms in total. The normalized spacial score (nSPS) is 10.2. The zero-order chi connectivity index (χ0) is 16.5. The topological polar surface area (TPSA) is 59.6 Å². The van der Waals surface area contributed by atoms with E-state index in [1.54, 1.807) is 14.2 Å². The molecule has 0 fully saturated rings. The Hall–Kier alpha value is -2.53. The molecule has 2 rings (SSSR count). The van der Waals surface area contributed by atoms with Crippen molar-refractivity contribution < 1.29 is 14.3 Å². The van der Waals surface area contributed by atoms with Gasteiger partial charge in [0.15, 0.2) is 0 Å². The zero-order valence-corrected chi connectivity index (χ0v) is 13.5. The highest BCUT2D eigenvalue weighted by atomic mass is 16.5. The second-order valence-electron chi connectivity index (χ2n) is 5.09. The van der Waals surface area contributed by atoms with Crippen LogP contribution in [0.2, 0.25) is 0 Å². The van der Waals surface area contributed by atoms with Gasteiger partial charge in [0.25, 0.3) is 0 Å². The molecule has 2 N–H and O–H groups in total. The Balaban J connectivity index is 1.81. The molecular weight excluding hydrogens is 292 g/mol. The van der Waals surface area contributed by atoms with Crippen molar-refractivity contribution >= 4 is 6.03 Å². The van der Waals surface area contributed by atoms with Gasteiger partial charge in [0, 0.05) is 20.2 Å². The summed E-state index contributed by atoms with van der Waals surface area (Å²) in [5.41, 5.74) is 3.14. The lowest BCUT2D eigenvalue weighted by Crippen LogP contribution is -2.34. The molecule has 0 heterocycles. The van der Waals surface area contributed by atoms with Crippen LogP contribution in [-0.4, -0.2) is 20.3 Å². The van der Waals surface area contributed by atoms with E-state index >= 15 is 0 Å². The van der Waals surface area contributed by atoms with Gasteiger partial charge in [-0.15, -0.1) is 0 Å². The lowest BCUT2D eigenvalue weighted by Gasteiger charge is -2.11. The van der Waals surface area contributed by atoms with Gasteiger partial charge in [-0.05, 0) is 28.8 Å². The number of nitrogens with one attached hydrogen (secondary N) is 2. The fraction of sp³-hybridized carbons (Fsp3) is 0.278. The summed E-state index contributed by atoms with van der Waals surface area (Å²) in [6, 6.07) is 15.3. The van der Waals surface area contributed by atoms with Crippen molar-refractivity contribution in [2.75, 3.05) is 14.2 Å². The molecule has 0 aromatic heterocycles. The second-order valence-corrected chi connectivity index (χ2v) is 5.09. The molecule has 0 aliphatic heterocycles. The fourth-order valence-corrected chi connectivity index (χ4v) is 2.19. The zero-order valence-electron chi connectivity index (χ0n) is 13.5. The maximum absolute atomic E-state index is 11.9. The summed E-state index contributed by atoms with van der Waals surface area (Å²) in [6.45, 7) is 1.47. The molecule has 23 heavy (non-hydrogen) atoms. The number of hydrogen-bond acceptors (Lipinski definition) is 3. The van der Waals surface area contributed by atoms with Crippen molar-refractivity contribution in [2.45, 2.75) is 19.7 Å². The van der Waals surface area contributed by atoms with Crippen LogP contribution in [0.5, 0.6) is 5.75 Å². The first-order valence-electron chi connectivity index (χ1n) is 7.43. The third-order valence-electron chi connectivity index (χ3n) is 3.47. The van der Waals surface area contributed by atoms with Crippen LogP contribution < -0.4 is 15.4 Å². The molecule has 2 aromatic rings. The highest BCUT2D eigenvalue weighted by Crippen LogP contribution is 2.11. The summed E-state index contributed by atoms with van der Waals surface area (Å²) in [5, 5.41) is 5.70. The molecule has 0 saturated carbocycles. The largest absolute Gasteiger partial charge is 0.497 e. The summed E-state index contributed by atoms with van der Waals surface area (Å²) in [5.74, 6) is 0.799. The Labute approximate surface area is 136 Å². The quantitative estimate of drug-likeness (QED) is 0.826. The van der Waals surface area contributed by atoms with Crippen LogP contribution in [0, 0.1) is 0 Å². The number of amides is 2. The monoisotopic (exact) mass is 314 g/mol. The minimum Gasteiger partial charge on any atom is -0.497 e. The minimum absolute atomic E-state index is 0.201. The molecule has 2 aromatic carbocycles. The summed E-state index contributed by atoms with van der Waals surface area (Å²) in [7, 11) is 3.29. The maximum Gasteiger partial charge on any atom is 0.315 e. The van der Waals surface area contributed by atoms with Gasteiger partial charge in [0.05, 0.1) is 13.7 Å². The number of carbonyl (C=O) groups excluding carboxylic acids is 1. The van der Waals surface area contributed by atoms with Gasteiger partial charge in [0.1, 0.15) is 5.75 Å². The second kappa shape index (κ2) is 8.80. The highest BCUT2D eigenvalue weighted by Gasteiger charge is 2.04. The van der Waals surface area contributed by atoms with Gasteiger partial charge in [-0.3, -0.25) is 0 Å². The maximum atomic E-state index is 11.9. The molecule has 0 radical (unpaired) electrons. The molecule has 0 saturated heterocycles. The van der Waals surface area contributed by atoms with Gasteiger partial charge in [-0.25, -0.2) is 4.79 Å². The Bertz CT molecular complexity index is 626. The third-order valence-corrected chi connectivity index (χ3v) is 3.47. The molecule has 5 heteroatoms. The van der Waals surface area contributed by atoms with E-state index in [1.165, 1.54) is 0 Å². The number of rotatable bonds is 7. The van der Waals surface area contributed by atoms with Crippen molar-refractivity contribution in [1.29, 1.82) is 0 Å². The van der Waals surface area contributed by atoms with E-state index < -0.39 is 0 Å². The van der Waals surface area contributed by atoms with E-state index in [0.29, 0.717) is 19.7 Å². The molecule has 122 valence electrons. The summed E-state index contributed by atoms with van der Waals surface area (Å²) < 4.78 is 10.3. The number of carbonyl (C=O) groups is 1. The van der Waals surface area contributed by atoms with Gasteiger partial charge in [0.2, 0.25) is 0 Å². The Morgan fingerprint density at radius 2 is 1.57 bits per heavy atom. The number of methoxy groups -OCH3 is 2. The molecule has 0 aliphatic carbocycles. The lowest BCUT2D eigenvalue weighted by atomic mass is 10.1. The molecule has 0 bridgehead atoms. The standard InChI is InChI=1S/C18H22N2O3/c1-22-13-16-6-4-3-5-15(16)12-20-18(21)19-11-14-7-9-17(23-2)10-8-14/h3-10H,11-13H2,1-2H3,(H2,19,20,21). The van der Waals surface area contributed by atoms with Crippen molar-refractivity contribution in [1.82, 2.24) is 10.6 Å². The van der Waals surface area contributed by atoms with Crippen molar-refractivity contribution in [3.05, 3.63) is 65.2 Å². The smallest absolute Gasteiger partial charge is 0.315 e. The number of benzene rings is 2. The highest BCUT2D eigenvalue weighted by molar-refractivity contribution is 5.73. The van der Waals surface area contributed by atoms with Gasteiger partial charge < -0.3 is 20.1 Å². The van der Waals surface area contributed by atoms with Crippen LogP contribution in [0.25, 0.3) is 0 Å². The van der Waals surface area contributed by atoms with Crippen LogP contribution in [0.4, 0.5) is 4.79 Å². The van der Waals surface area contributed by atoms with Crippen LogP contribution in [-0.2, 0) is 24.4 Å². The predicted octanol–water partition coefficient (Wildman–Crippen LogP) is 2.84. The fourth-order valence-electron chi connectivity index (χ4n) is 2.19. The van der Waals surface area contributed by atoms with Crippen LogP contribution >= 0.6 is 0 Å². The summed E-state index contributed by atoms with van der Waals surface area (Å²) in [6.07, 6.45) is 0. The predicted molar refractivity (Wildman–Crippen MR) is 89.2 cm³/mol. The van der Waals surface area contributed by atoms with E-state index in [9.17, 15) is 4.79 Å². The number of urea groups is 1. The third kappa shape index (κ3) is 5.30. The van der Waals surface area contributed by atoms with E-state index in [1.807, 2.05) is 48.5 Å². The van der Waals surface area contributed by atoms with Crippen LogP contribution in [0.3, 0.4) is 0 Å². The number of hydrogen-bond donors (Lipinski definition) is 2. The van der Waals surface area contributed by atoms with E-state index in [-0.39, 0.29) is 6.03 Å². The molecule has 2 amide bonds. The molecule has 0 atom stereocenters. The van der Waals surface area contributed by atoms with Gasteiger partial charge >= 0.3 is 6.03 Å². The average Bonchev–Trinajstić information content (AvgIpc) is 2.60. The first kappa shape index (κ1) is 16.8. The number of ether oxygens (including phenoxy) is 2. The van der Waals surface area contributed by atoms with E-state index in [2.05, 4.69) is 10.6 Å². The summed E-state index contributed by atoms with van der Waals surface area (Å²) in [4.78, 5) is 11.9. The van der Waals surface area contributed by atoms with E-state index in [4.69, 9.17) is 9.47 Å². The molecular formula is C18H22N2O3. The molecule has 0 spiro atoms. The van der Waals surface area contributed by atoms with Crippen molar-refractivity contribution in [3.63, 3.8) is 0 Å². The Morgan fingerprint density at radius 3 is 2.22 bits per heavy atom. The van der Waals surface area contributed by atoms with Crippen molar-refractivity contribution in [2.24, 2.45) is 0 Å². The van der Waals surface area contributed by atoms with Crippen LogP contribution in [0.1, 0.15) is 16.7 Å². The van der Waals surface area contributed by atoms with Crippen LogP contribution in [0.15, 0.2) is 48.5 Å². The average molecular weight is 314 g/mol. The SMILES string of the molecule is COCc1ccccc1CNC(=O)NCc1ccc(OC)cc1. The summed E-state index contributed by atoms with van der Waals surface area (Å²) >= 11 is 0. The Morgan fingerprint density at radius 1 is 0.913 bits per heavy atom. The van der Waals surface area contributed by atoms with Gasteiger partial charge in [-0.1, -0.05) is 36.4 Å². The van der Waals surface area contributed by atoms with E-state index in [0.717, 1.165) is 22.4 Å². The molecule has 0 aliphatic rings. The first-order valence-corrected chi connectivity index (χ1v) is 7.43.